The Hall–Kier alpha value is -1.85. The third-order valence-electron chi connectivity index (χ3n) is 6.62. The average Bonchev–Trinajstić information content (AvgIpc) is 3.70. The van der Waals surface area contributed by atoms with Gasteiger partial charge >= 0.3 is 0 Å². The highest BCUT2D eigenvalue weighted by atomic mass is 32.2. The van der Waals surface area contributed by atoms with Crippen LogP contribution < -0.4 is 27.8 Å². The van der Waals surface area contributed by atoms with E-state index < -0.39 is 20.2 Å². The molecule has 7 N–H and O–H groups in total. The van der Waals surface area contributed by atoms with Gasteiger partial charge in [0.15, 0.2) is 5.84 Å². The number of likely N-dealkylation sites (N-methyl/N-ethyl adjacent to an activating group) is 1. The maximum atomic E-state index is 9.88. The number of rotatable bonds is 13. The molecule has 0 amide bonds. The van der Waals surface area contributed by atoms with E-state index in [0.29, 0.717) is 19.3 Å². The summed E-state index contributed by atoms with van der Waals surface area (Å²) in [7, 11) is -3.71. The number of nitrogens with zero attached hydrogens (tertiary/aromatic N) is 6. The zero-order valence-electron chi connectivity index (χ0n) is 30.8. The number of quaternary nitrogens is 1. The van der Waals surface area contributed by atoms with Gasteiger partial charge in [-0.25, -0.2) is 18.3 Å². The SMILES string of the molecule is CC1=NCCN1CCN.CCCN1CCN=C1C.CCC[N+]1(C)CCN=C1C.COOS(C)(=O)=O.CS(=O)(=O)O[O-].NCCNCCN. The Balaban J connectivity index is -0.000000511. The monoisotopic (exact) mass is 734 g/mol. The summed E-state index contributed by atoms with van der Waals surface area (Å²) >= 11 is 0. The predicted octanol–water partition coefficient (Wildman–Crippen LogP) is -1.66. The lowest BCUT2D eigenvalue weighted by molar-refractivity contribution is -0.814. The third-order valence-corrected chi connectivity index (χ3v) is 7.25. The van der Waals surface area contributed by atoms with Crippen molar-refractivity contribution in [3.8, 4) is 0 Å². The van der Waals surface area contributed by atoms with Gasteiger partial charge in [-0.1, -0.05) is 13.8 Å². The van der Waals surface area contributed by atoms with Crippen LogP contribution in [0.1, 0.15) is 47.5 Å². The van der Waals surface area contributed by atoms with Gasteiger partial charge in [-0.2, -0.15) is 8.42 Å². The molecule has 0 aromatic heterocycles. The van der Waals surface area contributed by atoms with Crippen LogP contribution in [0.2, 0.25) is 0 Å². The van der Waals surface area contributed by atoms with E-state index in [1.165, 1.54) is 44.1 Å². The highest BCUT2D eigenvalue weighted by Gasteiger charge is 2.28. The summed E-state index contributed by atoms with van der Waals surface area (Å²) < 4.78 is 46.1. The van der Waals surface area contributed by atoms with E-state index in [-0.39, 0.29) is 0 Å². The van der Waals surface area contributed by atoms with Crippen LogP contribution in [0.3, 0.4) is 0 Å². The Labute approximate surface area is 290 Å². The van der Waals surface area contributed by atoms with Crippen molar-refractivity contribution in [3.05, 3.63) is 0 Å². The van der Waals surface area contributed by atoms with E-state index in [2.05, 4.69) is 78.4 Å². The van der Waals surface area contributed by atoms with Gasteiger partial charge in [0.05, 0.1) is 64.5 Å². The van der Waals surface area contributed by atoms with Gasteiger partial charge < -0.3 is 41.9 Å². The van der Waals surface area contributed by atoms with Gasteiger partial charge in [0.2, 0.25) is 0 Å². The molecule has 3 heterocycles. The lowest BCUT2D eigenvalue weighted by Crippen LogP contribution is -2.46. The van der Waals surface area contributed by atoms with Gasteiger partial charge in [0.1, 0.15) is 6.54 Å². The Morgan fingerprint density at radius 3 is 1.54 bits per heavy atom. The van der Waals surface area contributed by atoms with E-state index in [1.54, 1.807) is 0 Å². The Morgan fingerprint density at radius 2 is 1.29 bits per heavy atom. The summed E-state index contributed by atoms with van der Waals surface area (Å²) in [5.41, 5.74) is 15.7. The summed E-state index contributed by atoms with van der Waals surface area (Å²) in [6.07, 6.45) is 4.06. The summed E-state index contributed by atoms with van der Waals surface area (Å²) in [4.78, 5) is 21.3. The van der Waals surface area contributed by atoms with Crippen LogP contribution in [-0.2, 0) is 33.8 Å². The van der Waals surface area contributed by atoms with Crippen molar-refractivity contribution in [2.45, 2.75) is 47.5 Å². The summed E-state index contributed by atoms with van der Waals surface area (Å²) in [6, 6.07) is 0. The number of hydrogen-bond acceptors (Lipinski definition) is 17. The minimum atomic E-state index is -3.72. The van der Waals surface area contributed by atoms with Crippen LogP contribution in [0.5, 0.6) is 0 Å². The molecule has 1 atom stereocenters. The number of nitrogens with two attached hydrogens (primary N) is 3. The van der Waals surface area contributed by atoms with E-state index >= 15 is 0 Å². The fourth-order valence-electron chi connectivity index (χ4n) is 4.15. The number of nitrogens with one attached hydrogen (secondary N) is 1. The molecule has 0 bridgehead atoms. The zero-order valence-corrected chi connectivity index (χ0v) is 32.4. The van der Waals surface area contributed by atoms with Crippen LogP contribution in [0.4, 0.5) is 0 Å². The number of aliphatic imine (C=N–C) groups is 3. The van der Waals surface area contributed by atoms with E-state index in [1.807, 2.05) is 6.92 Å². The van der Waals surface area contributed by atoms with E-state index in [9.17, 15) is 16.8 Å². The molecule has 0 aliphatic carbocycles. The second kappa shape index (κ2) is 30.0. The molecule has 20 heteroatoms. The number of hydrogen-bond donors (Lipinski definition) is 4. The first-order valence-electron chi connectivity index (χ1n) is 16.0. The first kappa shape index (κ1) is 50.5. The highest BCUT2D eigenvalue weighted by molar-refractivity contribution is 7.86. The molecule has 0 saturated heterocycles. The molecular weight excluding hydrogens is 669 g/mol. The molecule has 288 valence electrons. The van der Waals surface area contributed by atoms with Gasteiger partial charge in [-0.15, -0.1) is 4.33 Å². The molecule has 3 aliphatic heterocycles. The van der Waals surface area contributed by atoms with Crippen molar-refractivity contribution in [2.24, 2.45) is 32.2 Å². The van der Waals surface area contributed by atoms with Crippen molar-refractivity contribution < 1.29 is 40.1 Å². The minimum absolute atomic E-state index is 0.681. The fraction of sp³-hybridized carbons (Fsp3) is 0.893. The van der Waals surface area contributed by atoms with Crippen LogP contribution in [0, 0.1) is 0 Å². The first-order valence-corrected chi connectivity index (χ1v) is 19.7. The zero-order chi connectivity index (χ0) is 37.7. The van der Waals surface area contributed by atoms with Crippen LogP contribution in [-0.4, -0.2) is 167 Å². The summed E-state index contributed by atoms with van der Waals surface area (Å²) in [5, 5.41) is 11.9. The minimum Gasteiger partial charge on any atom is -0.707 e. The average molecular weight is 735 g/mol. The molecule has 0 spiro atoms. The van der Waals surface area contributed by atoms with Crippen molar-refractivity contribution in [1.82, 2.24) is 15.1 Å². The molecule has 18 nitrogen and oxygen atoms in total. The fourth-order valence-corrected chi connectivity index (χ4v) is 4.39. The van der Waals surface area contributed by atoms with Crippen molar-refractivity contribution in [1.29, 1.82) is 0 Å². The van der Waals surface area contributed by atoms with Crippen molar-refractivity contribution >= 4 is 37.7 Å². The van der Waals surface area contributed by atoms with Gasteiger partial charge in [-0.05, 0) is 26.7 Å². The van der Waals surface area contributed by atoms with Gasteiger partial charge in [0, 0.05) is 65.8 Å². The Morgan fingerprint density at radius 1 is 0.812 bits per heavy atom. The third kappa shape index (κ3) is 30.2. The Kier molecular flexibility index (Phi) is 31.6. The predicted molar refractivity (Wildman–Crippen MR) is 192 cm³/mol. The van der Waals surface area contributed by atoms with Gasteiger partial charge in [-0.3, -0.25) is 14.5 Å². The van der Waals surface area contributed by atoms with Crippen LogP contribution >= 0.6 is 0 Å². The standard InChI is InChI=1S/C8H17N2.C7H14N2.C6H13N3.C4H13N3.C2H6O4S.CH4O4S/c1-4-6-10(3)7-5-9-8(10)2;1-3-5-9-6-4-8-7(9)2;1-6-8-3-5-9(6)4-2-7;5-1-3-7-4-2-6;1-5-6-7(2,3)4;1-6(3,4)5-2/h4-7H2,1-3H3;3-6H2,1-2H3;2-5,7H2,1H3;7H,1-6H2;1-2H3;2H,1H3/q+1;;;;;/p-1. The quantitative estimate of drug-likeness (QED) is 0.0716. The van der Waals surface area contributed by atoms with Crippen LogP contribution in [0.15, 0.2) is 15.0 Å². The largest absolute Gasteiger partial charge is 0.707 e. The smallest absolute Gasteiger partial charge is 0.290 e. The molecule has 3 rings (SSSR count). The first-order chi connectivity index (χ1) is 22.4. The second-order valence-electron chi connectivity index (χ2n) is 10.9. The normalized spacial score (nSPS) is 18.2. The highest BCUT2D eigenvalue weighted by Crippen LogP contribution is 2.11. The molecule has 1 unspecified atom stereocenters. The molecule has 0 saturated carbocycles. The van der Waals surface area contributed by atoms with Crippen molar-refractivity contribution in [3.63, 3.8) is 0 Å². The molecule has 3 aliphatic rings. The lowest BCUT2D eigenvalue weighted by Gasteiger charge is -2.27. The van der Waals surface area contributed by atoms with Crippen molar-refractivity contribution in [2.75, 3.05) is 118 Å². The molecule has 0 aromatic carbocycles. The molecule has 0 radical (unpaired) electrons. The summed E-state index contributed by atoms with van der Waals surface area (Å²) in [6.45, 7) is 24.3. The maximum absolute atomic E-state index is 9.88. The maximum Gasteiger partial charge on any atom is 0.290 e. The Bertz CT molecular complexity index is 1080. The second-order valence-corrected chi connectivity index (χ2v) is 14.0. The van der Waals surface area contributed by atoms with E-state index in [4.69, 9.17) is 22.5 Å². The molecule has 48 heavy (non-hydrogen) atoms. The summed E-state index contributed by atoms with van der Waals surface area (Å²) in [5.74, 6) is 3.67. The topological polar surface area (TPSA) is 253 Å². The van der Waals surface area contributed by atoms with E-state index in [0.717, 1.165) is 82.6 Å². The molecular formula is C28H66N10O8S2. The van der Waals surface area contributed by atoms with Crippen LogP contribution in [0.25, 0.3) is 0 Å². The molecule has 0 fully saturated rings. The lowest BCUT2D eigenvalue weighted by atomic mass is 10.3. The van der Waals surface area contributed by atoms with Gasteiger partial charge in [0.25, 0.3) is 20.2 Å². The molecule has 0 aromatic rings. The number of amidine groups is 3.